The van der Waals surface area contributed by atoms with E-state index in [4.69, 9.17) is 24.3 Å². The SMILES string of the molecule is CCCCC/C=C\C/C=C\C/C=C\CCCCCCC(=O)OC[C@H](COP(=O)(O)OCCN)OC(=O)CCCCC(=O)C[C@@H]1[C@@H](/C=C/[C@@H](O)CCCCC)[C@H](O)C[C@@H]1O. The second kappa shape index (κ2) is 35.2. The Morgan fingerprint density at radius 2 is 1.34 bits per heavy atom. The number of phosphoric acid groups is 1. The van der Waals surface area contributed by atoms with Gasteiger partial charge in [-0.1, -0.05) is 107 Å². The number of rotatable bonds is 37. The van der Waals surface area contributed by atoms with Crippen LogP contribution in [0, 0.1) is 11.8 Å². The number of allylic oxidation sites excluding steroid dienone is 6. The van der Waals surface area contributed by atoms with Gasteiger partial charge in [0.2, 0.25) is 0 Å². The van der Waals surface area contributed by atoms with Crippen LogP contribution in [-0.4, -0.2) is 88.7 Å². The number of hydrogen-bond donors (Lipinski definition) is 5. The maximum atomic E-state index is 12.8. The number of unbranched alkanes of at least 4 members (excludes halogenated alkanes) is 10. The summed E-state index contributed by atoms with van der Waals surface area (Å²) in [5.74, 6) is -2.17. The topological polar surface area (TPSA) is 212 Å². The number of carbonyl (C=O) groups is 3. The quantitative estimate of drug-likeness (QED) is 0.0173. The highest BCUT2D eigenvalue weighted by Crippen LogP contribution is 2.43. The molecule has 0 radical (unpaired) electrons. The summed E-state index contributed by atoms with van der Waals surface area (Å²) in [6.07, 6.45) is 29.1. The maximum absolute atomic E-state index is 12.8. The second-order valence-corrected chi connectivity index (χ2v) is 17.0. The summed E-state index contributed by atoms with van der Waals surface area (Å²) in [5.41, 5.74) is 5.33. The van der Waals surface area contributed by atoms with E-state index in [1.165, 1.54) is 19.3 Å². The third kappa shape index (κ3) is 29.4. The predicted octanol–water partition coefficient (Wildman–Crippen LogP) is 8.28. The third-order valence-corrected chi connectivity index (χ3v) is 11.2. The zero-order valence-electron chi connectivity index (χ0n) is 36.0. The van der Waals surface area contributed by atoms with Gasteiger partial charge in [-0.15, -0.1) is 0 Å². The summed E-state index contributed by atoms with van der Waals surface area (Å²) >= 11 is 0. The molecule has 0 bridgehead atoms. The predicted molar refractivity (Wildman–Crippen MR) is 231 cm³/mol. The first-order chi connectivity index (χ1) is 28.4. The second-order valence-electron chi connectivity index (χ2n) is 15.5. The minimum Gasteiger partial charge on any atom is -0.462 e. The Kier molecular flexibility index (Phi) is 32.5. The van der Waals surface area contributed by atoms with Crippen LogP contribution in [0.3, 0.4) is 0 Å². The van der Waals surface area contributed by atoms with Crippen molar-refractivity contribution in [2.75, 3.05) is 26.4 Å². The molecule has 0 saturated heterocycles. The molecule has 14 heteroatoms. The van der Waals surface area contributed by atoms with Crippen molar-refractivity contribution < 1.29 is 57.7 Å². The number of phosphoric ester groups is 1. The number of Topliss-reactive ketones (excluding diaryl/α,β-unsaturated/α-hetero) is 1. The van der Waals surface area contributed by atoms with Gasteiger partial charge >= 0.3 is 19.8 Å². The van der Waals surface area contributed by atoms with E-state index in [-0.39, 0.29) is 57.6 Å². The van der Waals surface area contributed by atoms with E-state index in [0.29, 0.717) is 25.7 Å². The van der Waals surface area contributed by atoms with Crippen LogP contribution in [0.5, 0.6) is 0 Å². The van der Waals surface area contributed by atoms with E-state index in [2.05, 4.69) is 50.3 Å². The Bertz CT molecular complexity index is 1290. The normalized spacial score (nSPS) is 20.5. The van der Waals surface area contributed by atoms with E-state index in [9.17, 15) is 39.2 Å². The summed E-state index contributed by atoms with van der Waals surface area (Å²) in [6.45, 7) is 3.12. The average molecular weight is 856 g/mol. The van der Waals surface area contributed by atoms with Crippen LogP contribution < -0.4 is 5.73 Å². The molecule has 6 N–H and O–H groups in total. The highest BCUT2D eigenvalue weighted by molar-refractivity contribution is 7.47. The van der Waals surface area contributed by atoms with E-state index in [1.807, 2.05) is 0 Å². The standard InChI is InChI=1S/C45H78NO12P/c1-3-5-7-8-9-10-11-12-13-14-15-16-17-18-19-20-22-27-44(51)55-35-39(36-57-59(53,54)56-32-31-46)58-45(52)28-24-23-26-38(48)33-41-40(42(49)34-43(41)50)30-29-37(47)25-21-6-4-2/h9-10,12-13,15-16,29-30,37,39-43,47,49-50H,3-8,11,14,17-28,31-36,46H2,1-2H3,(H,53,54)/b10-9-,13-12-,16-15-,30-29+/t37-,39+,40+,41+,42+,43-/m0/s1. The van der Waals surface area contributed by atoms with Crippen LogP contribution >= 0.6 is 7.82 Å². The summed E-state index contributed by atoms with van der Waals surface area (Å²) in [4.78, 5) is 47.9. The van der Waals surface area contributed by atoms with Crippen LogP contribution in [0.4, 0.5) is 0 Å². The lowest BCUT2D eigenvalue weighted by atomic mass is 9.87. The van der Waals surface area contributed by atoms with Crippen molar-refractivity contribution in [3.63, 3.8) is 0 Å². The lowest BCUT2D eigenvalue weighted by Crippen LogP contribution is -2.29. The summed E-state index contributed by atoms with van der Waals surface area (Å²) in [7, 11) is -4.49. The van der Waals surface area contributed by atoms with E-state index < -0.39 is 62.6 Å². The number of nitrogens with two attached hydrogens (primary N) is 1. The summed E-state index contributed by atoms with van der Waals surface area (Å²) in [5, 5.41) is 31.3. The Labute approximate surface area is 354 Å². The number of aliphatic hydroxyl groups is 3. The van der Waals surface area contributed by atoms with Crippen molar-refractivity contribution in [1.82, 2.24) is 0 Å². The average Bonchev–Trinajstić information content (AvgIpc) is 3.47. The molecule has 0 aromatic carbocycles. The fourth-order valence-electron chi connectivity index (χ4n) is 6.75. The van der Waals surface area contributed by atoms with Gasteiger partial charge in [0, 0.05) is 50.5 Å². The van der Waals surface area contributed by atoms with E-state index >= 15 is 0 Å². The monoisotopic (exact) mass is 856 g/mol. The Balaban J connectivity index is 2.44. The Morgan fingerprint density at radius 1 is 0.746 bits per heavy atom. The molecule has 0 spiro atoms. The first-order valence-electron chi connectivity index (χ1n) is 22.3. The first-order valence-corrected chi connectivity index (χ1v) is 23.8. The summed E-state index contributed by atoms with van der Waals surface area (Å²) in [6, 6.07) is 0. The summed E-state index contributed by atoms with van der Waals surface area (Å²) < 4.78 is 32.7. The number of aliphatic hydroxyl groups excluding tert-OH is 3. The molecule has 0 aliphatic heterocycles. The molecule has 59 heavy (non-hydrogen) atoms. The lowest BCUT2D eigenvalue weighted by Gasteiger charge is -2.20. The minimum atomic E-state index is -4.49. The highest BCUT2D eigenvalue weighted by Gasteiger charge is 2.41. The first kappa shape index (κ1) is 54.5. The number of esters is 2. The number of carbonyl (C=O) groups excluding carboxylic acids is 3. The molecular weight excluding hydrogens is 777 g/mol. The number of hydrogen-bond acceptors (Lipinski definition) is 12. The molecule has 7 atom stereocenters. The molecule has 1 unspecified atom stereocenters. The van der Waals surface area contributed by atoms with Crippen LogP contribution in [-0.2, 0) is 37.5 Å². The van der Waals surface area contributed by atoms with Gasteiger partial charge in [-0.25, -0.2) is 4.57 Å². The molecule has 0 heterocycles. The van der Waals surface area contributed by atoms with Gasteiger partial charge in [-0.05, 0) is 64.2 Å². The minimum absolute atomic E-state index is 0.0114. The number of ketones is 1. The maximum Gasteiger partial charge on any atom is 0.472 e. The molecular formula is C45H78NO12P. The van der Waals surface area contributed by atoms with Crippen molar-refractivity contribution in [2.24, 2.45) is 17.6 Å². The largest absolute Gasteiger partial charge is 0.472 e. The van der Waals surface area contributed by atoms with Gasteiger partial charge in [0.1, 0.15) is 12.4 Å². The fraction of sp³-hybridized carbons (Fsp3) is 0.756. The van der Waals surface area contributed by atoms with Gasteiger partial charge in [0.15, 0.2) is 6.10 Å². The van der Waals surface area contributed by atoms with E-state index in [0.717, 1.165) is 64.2 Å². The molecule has 340 valence electrons. The third-order valence-electron chi connectivity index (χ3n) is 10.2. The van der Waals surface area contributed by atoms with Gasteiger partial charge in [0.25, 0.3) is 0 Å². The molecule has 0 aromatic heterocycles. The fourth-order valence-corrected chi connectivity index (χ4v) is 7.52. The van der Waals surface area contributed by atoms with Crippen molar-refractivity contribution in [1.29, 1.82) is 0 Å². The van der Waals surface area contributed by atoms with Gasteiger partial charge in [-0.3, -0.25) is 23.4 Å². The molecule has 0 aromatic rings. The van der Waals surface area contributed by atoms with Crippen LogP contribution in [0.2, 0.25) is 0 Å². The molecule has 1 aliphatic rings. The molecule has 0 amide bonds. The van der Waals surface area contributed by atoms with Crippen LogP contribution in [0.15, 0.2) is 48.6 Å². The smallest absolute Gasteiger partial charge is 0.462 e. The van der Waals surface area contributed by atoms with Crippen molar-refractivity contribution in [3.8, 4) is 0 Å². The molecule has 13 nitrogen and oxygen atoms in total. The molecule has 1 rings (SSSR count). The van der Waals surface area contributed by atoms with Crippen LogP contribution in [0.25, 0.3) is 0 Å². The number of ether oxygens (including phenoxy) is 2. The van der Waals surface area contributed by atoms with Crippen molar-refractivity contribution >= 4 is 25.5 Å². The van der Waals surface area contributed by atoms with Gasteiger partial charge < -0.3 is 35.4 Å². The van der Waals surface area contributed by atoms with Gasteiger partial charge in [0.05, 0.1) is 31.5 Å². The van der Waals surface area contributed by atoms with E-state index in [1.54, 1.807) is 12.2 Å². The zero-order valence-corrected chi connectivity index (χ0v) is 36.9. The lowest BCUT2D eigenvalue weighted by molar-refractivity contribution is -0.161. The van der Waals surface area contributed by atoms with Crippen LogP contribution in [0.1, 0.15) is 155 Å². The molecule has 1 aliphatic carbocycles. The Hall–Kier alpha value is -2.48. The Morgan fingerprint density at radius 3 is 2.02 bits per heavy atom. The highest BCUT2D eigenvalue weighted by atomic mass is 31.2. The molecule has 1 saturated carbocycles. The van der Waals surface area contributed by atoms with Crippen molar-refractivity contribution in [3.05, 3.63) is 48.6 Å². The zero-order chi connectivity index (χ0) is 43.6. The van der Waals surface area contributed by atoms with Gasteiger partial charge in [-0.2, -0.15) is 0 Å². The molecule has 1 fully saturated rings. The van der Waals surface area contributed by atoms with Crippen molar-refractivity contribution in [2.45, 2.75) is 180 Å².